The van der Waals surface area contributed by atoms with Gasteiger partial charge in [-0.15, -0.1) is 0 Å². The summed E-state index contributed by atoms with van der Waals surface area (Å²) in [6.07, 6.45) is 1.62. The predicted molar refractivity (Wildman–Crippen MR) is 62.6 cm³/mol. The average Bonchev–Trinajstić information content (AvgIpc) is 2.24. The standard InChI is InChI=1S/C12H21NO4/c1-12(2,3)9(11(15)16)13-10(14)8-5-4-6-17-7-8/h8-9H,4-7H2,1-3H3,(H,13,14)(H,15,16). The fourth-order valence-electron chi connectivity index (χ4n) is 1.86. The monoisotopic (exact) mass is 243 g/mol. The van der Waals surface area contributed by atoms with Crippen LogP contribution in [0.1, 0.15) is 33.6 Å². The third-order valence-corrected chi connectivity index (χ3v) is 2.93. The van der Waals surface area contributed by atoms with Crippen molar-refractivity contribution in [2.75, 3.05) is 13.2 Å². The van der Waals surface area contributed by atoms with Gasteiger partial charge in [0, 0.05) is 6.61 Å². The molecule has 5 nitrogen and oxygen atoms in total. The number of hydrogen-bond acceptors (Lipinski definition) is 3. The predicted octanol–water partition coefficient (Wildman–Crippen LogP) is 1.03. The number of hydrogen-bond donors (Lipinski definition) is 2. The highest BCUT2D eigenvalue weighted by atomic mass is 16.5. The summed E-state index contributed by atoms with van der Waals surface area (Å²) in [5.74, 6) is -1.43. The van der Waals surface area contributed by atoms with Crippen molar-refractivity contribution in [2.45, 2.75) is 39.7 Å². The lowest BCUT2D eigenvalue weighted by atomic mass is 9.86. The Morgan fingerprint density at radius 1 is 1.41 bits per heavy atom. The minimum absolute atomic E-state index is 0.215. The van der Waals surface area contributed by atoms with E-state index in [0.717, 1.165) is 12.8 Å². The molecule has 2 atom stereocenters. The second kappa shape index (κ2) is 5.49. The summed E-state index contributed by atoms with van der Waals surface area (Å²) in [6, 6.07) is -0.864. The van der Waals surface area contributed by atoms with Crippen LogP contribution in [0.2, 0.25) is 0 Å². The van der Waals surface area contributed by atoms with Crippen LogP contribution < -0.4 is 5.32 Å². The molecule has 1 heterocycles. The van der Waals surface area contributed by atoms with Gasteiger partial charge in [0.25, 0.3) is 0 Å². The molecule has 0 aromatic carbocycles. The summed E-state index contributed by atoms with van der Waals surface area (Å²) in [4.78, 5) is 23.0. The first-order chi connectivity index (χ1) is 7.82. The van der Waals surface area contributed by atoms with Crippen LogP contribution in [0, 0.1) is 11.3 Å². The number of amides is 1. The summed E-state index contributed by atoms with van der Waals surface area (Å²) < 4.78 is 5.22. The lowest BCUT2D eigenvalue weighted by Crippen LogP contribution is -2.51. The van der Waals surface area contributed by atoms with Gasteiger partial charge < -0.3 is 15.2 Å². The van der Waals surface area contributed by atoms with E-state index in [1.165, 1.54) is 0 Å². The van der Waals surface area contributed by atoms with Crippen LogP contribution in [0.25, 0.3) is 0 Å². The molecule has 0 aliphatic carbocycles. The first-order valence-electron chi connectivity index (χ1n) is 5.93. The summed E-state index contributed by atoms with van der Waals surface area (Å²) in [5.41, 5.74) is -0.503. The topological polar surface area (TPSA) is 75.6 Å². The van der Waals surface area contributed by atoms with E-state index >= 15 is 0 Å². The van der Waals surface area contributed by atoms with Gasteiger partial charge in [-0.2, -0.15) is 0 Å². The molecule has 17 heavy (non-hydrogen) atoms. The van der Waals surface area contributed by atoms with Crippen LogP contribution in [0.3, 0.4) is 0 Å². The van der Waals surface area contributed by atoms with Crippen LogP contribution in [-0.2, 0) is 14.3 Å². The molecule has 0 radical (unpaired) electrons. The maximum atomic E-state index is 11.9. The van der Waals surface area contributed by atoms with E-state index in [9.17, 15) is 9.59 Å². The molecule has 0 spiro atoms. The van der Waals surface area contributed by atoms with E-state index in [1.54, 1.807) is 20.8 Å². The Morgan fingerprint density at radius 3 is 2.47 bits per heavy atom. The Morgan fingerprint density at radius 2 is 2.06 bits per heavy atom. The third kappa shape index (κ3) is 4.00. The van der Waals surface area contributed by atoms with E-state index in [1.807, 2.05) is 0 Å². The smallest absolute Gasteiger partial charge is 0.326 e. The Bertz CT molecular complexity index is 289. The van der Waals surface area contributed by atoms with Crippen molar-refractivity contribution >= 4 is 11.9 Å². The van der Waals surface area contributed by atoms with E-state index < -0.39 is 17.4 Å². The first kappa shape index (κ1) is 14.0. The van der Waals surface area contributed by atoms with Crippen molar-refractivity contribution in [3.63, 3.8) is 0 Å². The number of rotatable bonds is 3. The molecule has 0 bridgehead atoms. The Balaban J connectivity index is 2.60. The molecule has 0 aromatic heterocycles. The van der Waals surface area contributed by atoms with Gasteiger partial charge in [-0.1, -0.05) is 20.8 Å². The summed E-state index contributed by atoms with van der Waals surface area (Å²) in [6.45, 7) is 6.46. The second-order valence-corrected chi connectivity index (χ2v) is 5.56. The SMILES string of the molecule is CC(C)(C)C(NC(=O)C1CCCOC1)C(=O)O. The molecule has 98 valence electrons. The number of nitrogens with one attached hydrogen (secondary N) is 1. The normalized spacial score (nSPS) is 22.9. The highest BCUT2D eigenvalue weighted by Gasteiger charge is 2.34. The molecule has 5 heteroatoms. The molecule has 2 N–H and O–H groups in total. The first-order valence-corrected chi connectivity index (χ1v) is 5.93. The summed E-state index contributed by atoms with van der Waals surface area (Å²) in [7, 11) is 0. The number of carbonyl (C=O) groups is 2. The van der Waals surface area contributed by atoms with E-state index in [0.29, 0.717) is 13.2 Å². The van der Waals surface area contributed by atoms with E-state index in [-0.39, 0.29) is 11.8 Å². The zero-order valence-corrected chi connectivity index (χ0v) is 10.7. The zero-order valence-electron chi connectivity index (χ0n) is 10.7. The number of carboxylic acid groups (broad SMARTS) is 1. The van der Waals surface area contributed by atoms with Crippen LogP contribution in [-0.4, -0.2) is 36.2 Å². The molecule has 0 saturated carbocycles. The third-order valence-electron chi connectivity index (χ3n) is 2.93. The average molecular weight is 243 g/mol. The van der Waals surface area contributed by atoms with Gasteiger partial charge in [0.15, 0.2) is 0 Å². The molecule has 1 aliphatic rings. The van der Waals surface area contributed by atoms with Crippen molar-refractivity contribution in [3.05, 3.63) is 0 Å². The van der Waals surface area contributed by atoms with Crippen LogP contribution in [0.5, 0.6) is 0 Å². The van der Waals surface area contributed by atoms with Crippen molar-refractivity contribution in [2.24, 2.45) is 11.3 Å². The van der Waals surface area contributed by atoms with Gasteiger partial charge in [-0.3, -0.25) is 4.79 Å². The van der Waals surface area contributed by atoms with E-state index in [4.69, 9.17) is 9.84 Å². The van der Waals surface area contributed by atoms with Gasteiger partial charge in [-0.25, -0.2) is 4.79 Å². The Hall–Kier alpha value is -1.10. The molecule has 1 fully saturated rings. The summed E-state index contributed by atoms with van der Waals surface area (Å²) >= 11 is 0. The quantitative estimate of drug-likeness (QED) is 0.776. The van der Waals surface area contributed by atoms with Crippen LogP contribution in [0.15, 0.2) is 0 Å². The molecular weight excluding hydrogens is 222 g/mol. The number of aliphatic carboxylic acids is 1. The number of ether oxygens (including phenoxy) is 1. The highest BCUT2D eigenvalue weighted by molar-refractivity contribution is 5.85. The molecule has 1 rings (SSSR count). The van der Waals surface area contributed by atoms with Crippen molar-refractivity contribution in [1.29, 1.82) is 0 Å². The summed E-state index contributed by atoms with van der Waals surface area (Å²) in [5, 5.41) is 11.7. The van der Waals surface area contributed by atoms with Gasteiger partial charge >= 0.3 is 5.97 Å². The number of carbonyl (C=O) groups excluding carboxylic acids is 1. The Labute approximate surface area is 102 Å². The molecular formula is C12H21NO4. The fraction of sp³-hybridized carbons (Fsp3) is 0.833. The van der Waals surface area contributed by atoms with Crippen molar-refractivity contribution < 1.29 is 19.4 Å². The minimum Gasteiger partial charge on any atom is -0.480 e. The highest BCUT2D eigenvalue weighted by Crippen LogP contribution is 2.21. The maximum absolute atomic E-state index is 11.9. The molecule has 1 saturated heterocycles. The second-order valence-electron chi connectivity index (χ2n) is 5.56. The van der Waals surface area contributed by atoms with Crippen LogP contribution >= 0.6 is 0 Å². The molecule has 1 amide bonds. The van der Waals surface area contributed by atoms with Crippen LogP contribution in [0.4, 0.5) is 0 Å². The maximum Gasteiger partial charge on any atom is 0.326 e. The van der Waals surface area contributed by atoms with Crippen molar-refractivity contribution in [3.8, 4) is 0 Å². The number of carboxylic acids is 1. The molecule has 0 aromatic rings. The fourth-order valence-corrected chi connectivity index (χ4v) is 1.86. The minimum atomic E-state index is -0.998. The van der Waals surface area contributed by atoms with Gasteiger partial charge in [-0.05, 0) is 18.3 Å². The van der Waals surface area contributed by atoms with Gasteiger partial charge in [0.2, 0.25) is 5.91 Å². The molecule has 2 unspecified atom stereocenters. The lowest BCUT2D eigenvalue weighted by molar-refractivity contribution is -0.146. The van der Waals surface area contributed by atoms with Gasteiger partial charge in [0.05, 0.1) is 12.5 Å². The van der Waals surface area contributed by atoms with Gasteiger partial charge in [0.1, 0.15) is 6.04 Å². The Kier molecular flexibility index (Phi) is 4.51. The lowest BCUT2D eigenvalue weighted by Gasteiger charge is -2.30. The largest absolute Gasteiger partial charge is 0.480 e. The molecule has 1 aliphatic heterocycles. The van der Waals surface area contributed by atoms with E-state index in [2.05, 4.69) is 5.32 Å². The zero-order chi connectivity index (χ0) is 13.1. The van der Waals surface area contributed by atoms with Crippen molar-refractivity contribution in [1.82, 2.24) is 5.32 Å².